The van der Waals surface area contributed by atoms with E-state index in [0.717, 1.165) is 5.56 Å². The first kappa shape index (κ1) is 14.8. The van der Waals surface area contributed by atoms with Gasteiger partial charge in [-0.2, -0.15) is 0 Å². The lowest BCUT2D eigenvalue weighted by Gasteiger charge is -2.13. The molecule has 2 unspecified atom stereocenters. The van der Waals surface area contributed by atoms with Gasteiger partial charge in [-0.1, -0.05) is 30.3 Å². The van der Waals surface area contributed by atoms with Gasteiger partial charge < -0.3 is 15.7 Å². The van der Waals surface area contributed by atoms with Crippen LogP contribution in [0.15, 0.2) is 30.3 Å². The van der Waals surface area contributed by atoms with Crippen LogP contribution in [-0.4, -0.2) is 29.2 Å². The average Bonchev–Trinajstić information content (AvgIpc) is 2.37. The Morgan fingerprint density at radius 2 is 2.00 bits per heavy atom. The van der Waals surface area contributed by atoms with Crippen LogP contribution in [0.25, 0.3) is 0 Å². The van der Waals surface area contributed by atoms with Gasteiger partial charge in [0.25, 0.3) is 0 Å². The van der Waals surface area contributed by atoms with E-state index in [-0.39, 0.29) is 11.4 Å². The van der Waals surface area contributed by atoms with Crippen molar-refractivity contribution in [2.24, 2.45) is 0 Å². The summed E-state index contributed by atoms with van der Waals surface area (Å²) in [6.45, 7) is 2.57. The fraction of sp³-hybridized carbons (Fsp3) is 0.462. The number of alkyl halides is 1. The molecule has 0 spiro atoms. The molecule has 1 rings (SSSR count). The van der Waals surface area contributed by atoms with Crippen molar-refractivity contribution >= 4 is 17.6 Å². The highest BCUT2D eigenvalue weighted by atomic mass is 35.5. The molecule has 2 atom stereocenters. The third-order valence-corrected chi connectivity index (χ3v) is 3.11. The molecule has 1 aromatic rings. The van der Waals surface area contributed by atoms with Gasteiger partial charge in [0.1, 0.15) is 0 Å². The number of rotatable bonds is 6. The van der Waals surface area contributed by atoms with E-state index in [9.17, 15) is 9.90 Å². The van der Waals surface area contributed by atoms with Crippen LogP contribution in [0.3, 0.4) is 0 Å². The largest absolute Gasteiger partial charge is 0.392 e. The highest BCUT2D eigenvalue weighted by molar-refractivity contribution is 6.21. The molecular formula is C13H19ClN2O2. The summed E-state index contributed by atoms with van der Waals surface area (Å²) < 4.78 is 0. The van der Waals surface area contributed by atoms with E-state index < -0.39 is 6.10 Å². The minimum atomic E-state index is -0.569. The fourth-order valence-electron chi connectivity index (χ4n) is 1.41. The van der Waals surface area contributed by atoms with Gasteiger partial charge in [-0.3, -0.25) is 0 Å². The minimum Gasteiger partial charge on any atom is -0.392 e. The maximum atomic E-state index is 11.4. The lowest BCUT2D eigenvalue weighted by molar-refractivity contribution is 0.185. The summed E-state index contributed by atoms with van der Waals surface area (Å²) in [6.07, 6.45) is -0.0290. The Kier molecular flexibility index (Phi) is 6.54. The second kappa shape index (κ2) is 7.95. The van der Waals surface area contributed by atoms with Crippen molar-refractivity contribution in [1.82, 2.24) is 10.6 Å². The second-order valence-electron chi connectivity index (χ2n) is 4.14. The van der Waals surface area contributed by atoms with E-state index in [1.54, 1.807) is 6.92 Å². The van der Waals surface area contributed by atoms with Crippen molar-refractivity contribution in [2.45, 2.75) is 31.4 Å². The maximum absolute atomic E-state index is 11.4. The molecule has 2 amide bonds. The van der Waals surface area contributed by atoms with Crippen LogP contribution in [0.5, 0.6) is 0 Å². The van der Waals surface area contributed by atoms with Gasteiger partial charge in [0.05, 0.1) is 11.5 Å². The van der Waals surface area contributed by atoms with Gasteiger partial charge in [0, 0.05) is 13.1 Å². The Balaban J connectivity index is 2.15. The normalized spacial score (nSPS) is 13.7. The van der Waals surface area contributed by atoms with Gasteiger partial charge in [-0.15, -0.1) is 11.6 Å². The predicted octanol–water partition coefficient (Wildman–Crippen LogP) is 1.86. The third-order valence-electron chi connectivity index (χ3n) is 2.53. The number of carbonyl (C=O) groups is 1. The average molecular weight is 271 g/mol. The molecule has 100 valence electrons. The topological polar surface area (TPSA) is 61.4 Å². The van der Waals surface area contributed by atoms with Crippen molar-refractivity contribution in [3.05, 3.63) is 35.9 Å². The number of benzene rings is 1. The highest BCUT2D eigenvalue weighted by Gasteiger charge is 2.11. The molecule has 0 radical (unpaired) electrons. The van der Waals surface area contributed by atoms with Crippen LogP contribution < -0.4 is 10.6 Å². The van der Waals surface area contributed by atoms with Crippen molar-refractivity contribution in [2.75, 3.05) is 6.54 Å². The lowest BCUT2D eigenvalue weighted by Crippen LogP contribution is -2.37. The van der Waals surface area contributed by atoms with E-state index in [1.165, 1.54) is 0 Å². The number of urea groups is 1. The summed E-state index contributed by atoms with van der Waals surface area (Å²) in [4.78, 5) is 11.4. The molecule has 3 N–H and O–H groups in total. The Hall–Kier alpha value is -1.26. The number of hydrogen-bond donors (Lipinski definition) is 3. The van der Waals surface area contributed by atoms with Crippen LogP contribution >= 0.6 is 11.6 Å². The van der Waals surface area contributed by atoms with Gasteiger partial charge >= 0.3 is 6.03 Å². The molecule has 0 aliphatic rings. The Labute approximate surface area is 112 Å². The minimum absolute atomic E-state index is 0.228. The zero-order valence-corrected chi connectivity index (χ0v) is 11.2. The molecule has 4 nitrogen and oxygen atoms in total. The number of amides is 2. The molecule has 5 heteroatoms. The summed E-state index contributed by atoms with van der Waals surface area (Å²) in [5.74, 6) is 0. The van der Waals surface area contributed by atoms with Crippen LogP contribution in [0, 0.1) is 0 Å². The first-order valence-corrected chi connectivity index (χ1v) is 6.41. The van der Waals surface area contributed by atoms with E-state index >= 15 is 0 Å². The monoisotopic (exact) mass is 270 g/mol. The number of aliphatic hydroxyl groups excluding tert-OH is 1. The Morgan fingerprint density at radius 1 is 1.33 bits per heavy atom. The van der Waals surface area contributed by atoms with Crippen molar-refractivity contribution < 1.29 is 9.90 Å². The van der Waals surface area contributed by atoms with E-state index in [4.69, 9.17) is 11.6 Å². The van der Waals surface area contributed by atoms with Gasteiger partial charge in [0.15, 0.2) is 0 Å². The number of hydrogen-bond acceptors (Lipinski definition) is 2. The highest BCUT2D eigenvalue weighted by Crippen LogP contribution is 2.05. The fourth-order valence-corrected chi connectivity index (χ4v) is 1.51. The Morgan fingerprint density at radius 3 is 2.61 bits per heavy atom. The summed E-state index contributed by atoms with van der Waals surface area (Å²) >= 11 is 5.85. The third kappa shape index (κ3) is 5.89. The van der Waals surface area contributed by atoms with Gasteiger partial charge in [-0.05, 0) is 18.9 Å². The molecule has 0 fully saturated rings. The van der Waals surface area contributed by atoms with Crippen LogP contribution in [0.2, 0.25) is 0 Å². The van der Waals surface area contributed by atoms with Crippen molar-refractivity contribution in [1.29, 1.82) is 0 Å². The number of carbonyl (C=O) groups excluding carboxylic acids is 1. The van der Waals surface area contributed by atoms with E-state index in [0.29, 0.717) is 19.5 Å². The van der Waals surface area contributed by atoms with Crippen LogP contribution in [0.4, 0.5) is 4.79 Å². The van der Waals surface area contributed by atoms with Crippen molar-refractivity contribution in [3.63, 3.8) is 0 Å². The van der Waals surface area contributed by atoms with E-state index in [1.807, 2.05) is 30.3 Å². The summed E-state index contributed by atoms with van der Waals surface area (Å²) in [5.41, 5.74) is 1.05. The van der Waals surface area contributed by atoms with Crippen LogP contribution in [0.1, 0.15) is 18.9 Å². The molecule has 1 aromatic carbocycles. The number of aliphatic hydroxyl groups is 1. The SMILES string of the molecule is CC(O)C(Cl)CCNC(=O)NCc1ccccc1. The summed E-state index contributed by atoms with van der Waals surface area (Å²) in [5, 5.41) is 14.3. The molecular weight excluding hydrogens is 252 g/mol. The van der Waals surface area contributed by atoms with Crippen molar-refractivity contribution in [3.8, 4) is 0 Å². The smallest absolute Gasteiger partial charge is 0.315 e. The first-order valence-electron chi connectivity index (χ1n) is 5.97. The molecule has 0 bridgehead atoms. The van der Waals surface area contributed by atoms with Gasteiger partial charge in [-0.25, -0.2) is 4.79 Å². The summed E-state index contributed by atoms with van der Waals surface area (Å²) in [7, 11) is 0. The number of nitrogens with one attached hydrogen (secondary N) is 2. The predicted molar refractivity (Wildman–Crippen MR) is 72.6 cm³/mol. The quantitative estimate of drug-likeness (QED) is 0.691. The molecule has 0 saturated carbocycles. The molecule has 18 heavy (non-hydrogen) atoms. The summed E-state index contributed by atoms with van der Waals surface area (Å²) in [6, 6.07) is 9.45. The van der Waals surface area contributed by atoms with Crippen LogP contribution in [-0.2, 0) is 6.54 Å². The lowest BCUT2D eigenvalue weighted by atomic mass is 10.2. The molecule has 0 saturated heterocycles. The zero-order chi connectivity index (χ0) is 13.4. The molecule has 0 aromatic heterocycles. The zero-order valence-electron chi connectivity index (χ0n) is 10.4. The Bertz CT molecular complexity index is 357. The number of halogens is 1. The maximum Gasteiger partial charge on any atom is 0.315 e. The van der Waals surface area contributed by atoms with E-state index in [2.05, 4.69) is 10.6 Å². The molecule has 0 aliphatic carbocycles. The van der Waals surface area contributed by atoms with Gasteiger partial charge in [0.2, 0.25) is 0 Å². The standard InChI is InChI=1S/C13H19ClN2O2/c1-10(17)12(14)7-8-15-13(18)16-9-11-5-3-2-4-6-11/h2-6,10,12,17H,7-9H2,1H3,(H2,15,16,18). The first-order chi connectivity index (χ1) is 8.59. The second-order valence-corrected chi connectivity index (χ2v) is 4.70. The molecule has 0 aliphatic heterocycles. The molecule has 0 heterocycles.